The number of rotatable bonds is 3. The lowest BCUT2D eigenvalue weighted by Crippen LogP contribution is -2.24. The molecule has 1 aliphatic heterocycles. The number of aromatic nitrogens is 1. The van der Waals surface area contributed by atoms with Gasteiger partial charge in [-0.05, 0) is 19.8 Å². The topological polar surface area (TPSA) is 86.2 Å². The molecule has 0 spiro atoms. The first-order valence-electron chi connectivity index (χ1n) is 5.88. The van der Waals surface area contributed by atoms with Crippen molar-refractivity contribution >= 4 is 9.84 Å². The summed E-state index contributed by atoms with van der Waals surface area (Å²) in [6.07, 6.45) is 2.18. The van der Waals surface area contributed by atoms with Gasteiger partial charge in [-0.15, -0.1) is 0 Å². The molecular weight excluding hydrogens is 240 g/mol. The number of sulfone groups is 1. The van der Waals surface area contributed by atoms with Gasteiger partial charge in [0.1, 0.15) is 5.76 Å². The summed E-state index contributed by atoms with van der Waals surface area (Å²) in [5.41, 5.74) is 6.25. The number of hydrogen-bond donors (Lipinski definition) is 1. The van der Waals surface area contributed by atoms with Crippen LogP contribution in [0, 0.1) is 6.92 Å². The van der Waals surface area contributed by atoms with E-state index in [0.29, 0.717) is 31.0 Å². The minimum absolute atomic E-state index is 0.0102. The summed E-state index contributed by atoms with van der Waals surface area (Å²) < 4.78 is 28.7. The average molecular weight is 258 g/mol. The van der Waals surface area contributed by atoms with Gasteiger partial charge in [-0.2, -0.15) is 0 Å². The van der Waals surface area contributed by atoms with E-state index in [2.05, 4.69) is 4.98 Å². The van der Waals surface area contributed by atoms with E-state index in [4.69, 9.17) is 10.2 Å². The molecule has 2 N–H and O–H groups in total. The second-order valence-corrected chi connectivity index (χ2v) is 6.77. The molecule has 1 atom stereocenters. The second-order valence-electron chi connectivity index (χ2n) is 4.54. The summed E-state index contributed by atoms with van der Waals surface area (Å²) in [4.78, 5) is 4.38. The van der Waals surface area contributed by atoms with Crippen molar-refractivity contribution in [3.8, 4) is 0 Å². The first-order chi connectivity index (χ1) is 8.02. The SMILES string of the molecule is Cc1oc(CCN)nc1C1CCCS(=O)(=O)C1. The highest BCUT2D eigenvalue weighted by atomic mass is 32.2. The van der Waals surface area contributed by atoms with Crippen LogP contribution in [0.2, 0.25) is 0 Å². The molecule has 5 nitrogen and oxygen atoms in total. The molecule has 1 unspecified atom stereocenters. The molecule has 1 aromatic rings. The number of aryl methyl sites for hydroxylation is 1. The van der Waals surface area contributed by atoms with Crippen molar-refractivity contribution in [1.29, 1.82) is 0 Å². The normalized spacial score (nSPS) is 23.8. The maximum absolute atomic E-state index is 11.6. The molecule has 0 amide bonds. The van der Waals surface area contributed by atoms with E-state index in [1.165, 1.54) is 0 Å². The molecule has 2 heterocycles. The lowest BCUT2D eigenvalue weighted by Gasteiger charge is -2.20. The van der Waals surface area contributed by atoms with Crippen molar-refractivity contribution in [2.24, 2.45) is 5.73 Å². The fourth-order valence-corrected chi connectivity index (χ4v) is 4.02. The lowest BCUT2D eigenvalue weighted by molar-refractivity contribution is 0.469. The lowest BCUT2D eigenvalue weighted by atomic mass is 10.0. The molecule has 0 bridgehead atoms. The highest BCUT2D eigenvalue weighted by Gasteiger charge is 2.29. The minimum atomic E-state index is -2.91. The first kappa shape index (κ1) is 12.6. The molecule has 0 aromatic carbocycles. The average Bonchev–Trinajstić information content (AvgIpc) is 2.58. The summed E-state index contributed by atoms with van der Waals surface area (Å²) in [7, 11) is -2.91. The first-order valence-corrected chi connectivity index (χ1v) is 7.70. The quantitative estimate of drug-likeness (QED) is 0.865. The summed E-state index contributed by atoms with van der Waals surface area (Å²) >= 11 is 0. The molecule has 1 fully saturated rings. The van der Waals surface area contributed by atoms with Crippen molar-refractivity contribution in [3.63, 3.8) is 0 Å². The molecule has 6 heteroatoms. The largest absolute Gasteiger partial charge is 0.446 e. The van der Waals surface area contributed by atoms with Gasteiger partial charge in [0.2, 0.25) is 0 Å². The van der Waals surface area contributed by atoms with Crippen LogP contribution in [0.15, 0.2) is 4.42 Å². The zero-order valence-electron chi connectivity index (χ0n) is 9.98. The van der Waals surface area contributed by atoms with Crippen LogP contribution in [0.25, 0.3) is 0 Å². The fourth-order valence-electron chi connectivity index (χ4n) is 2.31. The molecule has 0 radical (unpaired) electrons. The zero-order chi connectivity index (χ0) is 12.5. The summed E-state index contributed by atoms with van der Waals surface area (Å²) in [6.45, 7) is 2.33. The Balaban J connectivity index is 2.21. The van der Waals surface area contributed by atoms with Crippen molar-refractivity contribution in [1.82, 2.24) is 4.98 Å². The third-order valence-electron chi connectivity index (χ3n) is 3.08. The van der Waals surface area contributed by atoms with Gasteiger partial charge in [0.05, 0.1) is 17.2 Å². The van der Waals surface area contributed by atoms with Crippen LogP contribution >= 0.6 is 0 Å². The van der Waals surface area contributed by atoms with E-state index in [9.17, 15) is 8.42 Å². The predicted molar refractivity (Wildman–Crippen MR) is 64.6 cm³/mol. The minimum Gasteiger partial charge on any atom is -0.446 e. The maximum atomic E-state index is 11.6. The van der Waals surface area contributed by atoms with Gasteiger partial charge in [0, 0.05) is 18.9 Å². The summed E-state index contributed by atoms with van der Waals surface area (Å²) in [5, 5.41) is 0. The number of oxazole rings is 1. The Hall–Kier alpha value is -0.880. The molecule has 96 valence electrons. The standard InChI is InChI=1S/C11H18N2O3S/c1-8-11(13-10(16-8)4-5-12)9-3-2-6-17(14,15)7-9/h9H,2-7,12H2,1H3. The highest BCUT2D eigenvalue weighted by Crippen LogP contribution is 2.30. The Morgan fingerprint density at radius 1 is 1.53 bits per heavy atom. The van der Waals surface area contributed by atoms with Crippen molar-refractivity contribution in [3.05, 3.63) is 17.3 Å². The van der Waals surface area contributed by atoms with E-state index in [0.717, 1.165) is 17.9 Å². The van der Waals surface area contributed by atoms with Crippen LogP contribution in [0.5, 0.6) is 0 Å². The van der Waals surface area contributed by atoms with Gasteiger partial charge in [-0.3, -0.25) is 0 Å². The van der Waals surface area contributed by atoms with E-state index in [-0.39, 0.29) is 11.7 Å². The van der Waals surface area contributed by atoms with Crippen LogP contribution in [-0.4, -0.2) is 31.5 Å². The van der Waals surface area contributed by atoms with Gasteiger partial charge in [0.15, 0.2) is 15.7 Å². The third kappa shape index (κ3) is 2.87. The molecule has 17 heavy (non-hydrogen) atoms. The van der Waals surface area contributed by atoms with Crippen LogP contribution in [0.3, 0.4) is 0 Å². The van der Waals surface area contributed by atoms with Crippen molar-refractivity contribution in [2.45, 2.75) is 32.1 Å². The van der Waals surface area contributed by atoms with Crippen LogP contribution in [0.4, 0.5) is 0 Å². The van der Waals surface area contributed by atoms with Gasteiger partial charge >= 0.3 is 0 Å². The molecule has 0 saturated carbocycles. The smallest absolute Gasteiger partial charge is 0.195 e. The molecule has 1 aliphatic rings. The molecular formula is C11H18N2O3S. The zero-order valence-corrected chi connectivity index (χ0v) is 10.8. The Bertz CT molecular complexity index is 493. The van der Waals surface area contributed by atoms with Crippen LogP contribution in [-0.2, 0) is 16.3 Å². The Kier molecular flexibility index (Phi) is 3.53. The fraction of sp³-hybridized carbons (Fsp3) is 0.727. The van der Waals surface area contributed by atoms with Crippen LogP contribution < -0.4 is 5.73 Å². The second kappa shape index (κ2) is 4.78. The van der Waals surface area contributed by atoms with Gasteiger partial charge in [-0.1, -0.05) is 0 Å². The molecule has 1 saturated heterocycles. The van der Waals surface area contributed by atoms with E-state index in [1.54, 1.807) is 0 Å². The number of nitrogens with two attached hydrogens (primary N) is 1. The predicted octanol–water partition coefficient (Wildman–Crippen LogP) is 0.776. The summed E-state index contributed by atoms with van der Waals surface area (Å²) in [5.74, 6) is 1.83. The van der Waals surface area contributed by atoms with Gasteiger partial charge < -0.3 is 10.2 Å². The van der Waals surface area contributed by atoms with Crippen LogP contribution in [0.1, 0.15) is 36.1 Å². The van der Waals surface area contributed by atoms with E-state index in [1.807, 2.05) is 6.92 Å². The third-order valence-corrected chi connectivity index (χ3v) is 4.91. The molecule has 0 aliphatic carbocycles. The number of hydrogen-bond acceptors (Lipinski definition) is 5. The van der Waals surface area contributed by atoms with Crippen molar-refractivity contribution < 1.29 is 12.8 Å². The summed E-state index contributed by atoms with van der Waals surface area (Å²) in [6, 6.07) is 0. The van der Waals surface area contributed by atoms with Crippen molar-refractivity contribution in [2.75, 3.05) is 18.1 Å². The number of nitrogens with zero attached hydrogens (tertiary/aromatic N) is 1. The van der Waals surface area contributed by atoms with Gasteiger partial charge in [-0.25, -0.2) is 13.4 Å². The van der Waals surface area contributed by atoms with E-state index < -0.39 is 9.84 Å². The Morgan fingerprint density at radius 3 is 2.94 bits per heavy atom. The highest BCUT2D eigenvalue weighted by molar-refractivity contribution is 7.91. The Morgan fingerprint density at radius 2 is 2.29 bits per heavy atom. The molecule has 1 aromatic heterocycles. The molecule has 2 rings (SSSR count). The maximum Gasteiger partial charge on any atom is 0.195 e. The van der Waals surface area contributed by atoms with Gasteiger partial charge in [0.25, 0.3) is 0 Å². The van der Waals surface area contributed by atoms with E-state index >= 15 is 0 Å². The monoisotopic (exact) mass is 258 g/mol. The Labute approximate surface area is 101 Å².